The molecule has 0 saturated carbocycles. The van der Waals surface area contributed by atoms with E-state index < -0.39 is 11.9 Å². The zero-order valence-electron chi connectivity index (χ0n) is 19.7. The van der Waals surface area contributed by atoms with Gasteiger partial charge in [0.2, 0.25) is 5.91 Å². The van der Waals surface area contributed by atoms with Gasteiger partial charge in [0.25, 0.3) is 0 Å². The molecule has 1 aromatic heterocycles. The number of aliphatic hydroxyl groups excluding tert-OH is 1. The Morgan fingerprint density at radius 3 is 2.42 bits per heavy atom. The molecule has 0 saturated heterocycles. The van der Waals surface area contributed by atoms with E-state index in [1.54, 1.807) is 28.9 Å². The Hall–Kier alpha value is -2.59. The summed E-state index contributed by atoms with van der Waals surface area (Å²) in [5, 5.41) is 23.0. The summed E-state index contributed by atoms with van der Waals surface area (Å²) in [5.41, 5.74) is 7.48. The lowest BCUT2D eigenvalue weighted by molar-refractivity contribution is -0.121. The monoisotopic (exact) mass is 476 g/mol. The molecule has 10 heteroatoms. The van der Waals surface area contributed by atoms with Crippen LogP contribution in [-0.4, -0.2) is 38.6 Å². The first-order chi connectivity index (χ1) is 15.6. The summed E-state index contributed by atoms with van der Waals surface area (Å²) in [4.78, 5) is 24.1. The molecule has 1 heterocycles. The van der Waals surface area contributed by atoms with Gasteiger partial charge in [-0.1, -0.05) is 45.0 Å². The Labute approximate surface area is 200 Å². The quantitative estimate of drug-likeness (QED) is 0.237. The third-order valence-corrected chi connectivity index (χ3v) is 6.74. The molecule has 33 heavy (non-hydrogen) atoms. The number of primary amides is 1. The molecule has 182 valence electrons. The Balaban J connectivity index is 2.16. The predicted molar refractivity (Wildman–Crippen MR) is 132 cm³/mol. The molecule has 2 rings (SSSR count). The second-order valence-corrected chi connectivity index (χ2v) is 9.33. The molecule has 3 amide bonds. The van der Waals surface area contributed by atoms with Crippen LogP contribution in [0.4, 0.5) is 10.5 Å². The maximum Gasteiger partial charge on any atom is 0.312 e. The van der Waals surface area contributed by atoms with E-state index in [9.17, 15) is 14.7 Å². The van der Waals surface area contributed by atoms with Crippen molar-refractivity contribution in [2.24, 2.45) is 23.5 Å². The number of carbonyl (C=O) groups excluding carboxylic acids is 2. The van der Waals surface area contributed by atoms with Crippen molar-refractivity contribution in [1.82, 2.24) is 20.3 Å². The lowest BCUT2D eigenvalue weighted by atomic mass is 9.88. The number of amides is 3. The number of nitrogens with one attached hydrogen (secondary N) is 2. The molecular formula is C23H36N6O3S. The van der Waals surface area contributed by atoms with Crippen LogP contribution >= 0.6 is 12.6 Å². The number of thiol groups is 1. The average Bonchev–Trinajstić information content (AvgIpc) is 3.28. The molecule has 0 radical (unpaired) electrons. The summed E-state index contributed by atoms with van der Waals surface area (Å²) < 4.78 is 1.71. The first kappa shape index (κ1) is 26.7. The number of carbonyl (C=O) groups is 2. The molecule has 4 atom stereocenters. The van der Waals surface area contributed by atoms with E-state index in [2.05, 4.69) is 41.7 Å². The number of hydrogen-bond acceptors (Lipinski definition) is 6. The van der Waals surface area contributed by atoms with Crippen molar-refractivity contribution in [1.29, 1.82) is 0 Å². The highest BCUT2D eigenvalue weighted by Crippen LogP contribution is 2.34. The molecule has 0 aliphatic carbocycles. The van der Waals surface area contributed by atoms with Crippen LogP contribution in [0.25, 0.3) is 0 Å². The van der Waals surface area contributed by atoms with E-state index in [1.807, 2.05) is 13.1 Å². The van der Waals surface area contributed by atoms with Crippen molar-refractivity contribution in [2.45, 2.75) is 58.4 Å². The van der Waals surface area contributed by atoms with Gasteiger partial charge in [0, 0.05) is 30.0 Å². The fourth-order valence-electron chi connectivity index (χ4n) is 3.52. The standard InChI is InChI=1S/C23H36N6O3S/c1-14(2)15(3)20-12-29(28-27-20)22(33)19(6-5-11-25-23(24)32)16(4)21(31)26-18-9-7-17(13-30)8-10-18/h7-10,12,14-16,19,22,30,33H,5-6,11,13H2,1-4H3,(H,26,31)(H3,24,25,32). The summed E-state index contributed by atoms with van der Waals surface area (Å²) in [6.45, 7) is 8.60. The fourth-order valence-corrected chi connectivity index (χ4v) is 4.04. The topological polar surface area (TPSA) is 135 Å². The smallest absolute Gasteiger partial charge is 0.312 e. The number of rotatable bonds is 12. The van der Waals surface area contributed by atoms with E-state index >= 15 is 0 Å². The summed E-state index contributed by atoms with van der Waals surface area (Å²) in [7, 11) is 0. The van der Waals surface area contributed by atoms with E-state index in [0.29, 0.717) is 31.0 Å². The fraction of sp³-hybridized carbons (Fsp3) is 0.565. The molecule has 4 unspecified atom stereocenters. The van der Waals surface area contributed by atoms with Crippen LogP contribution in [0.3, 0.4) is 0 Å². The molecule has 9 nitrogen and oxygen atoms in total. The van der Waals surface area contributed by atoms with Gasteiger partial charge in [-0.15, -0.1) is 5.10 Å². The number of nitrogens with zero attached hydrogens (tertiary/aromatic N) is 3. The van der Waals surface area contributed by atoms with Gasteiger partial charge in [0.15, 0.2) is 0 Å². The number of hydrogen-bond donors (Lipinski definition) is 5. The number of aromatic nitrogens is 3. The van der Waals surface area contributed by atoms with Crippen molar-refractivity contribution < 1.29 is 14.7 Å². The lowest BCUT2D eigenvalue weighted by Gasteiger charge is -2.28. The molecule has 2 aromatic rings. The highest BCUT2D eigenvalue weighted by Gasteiger charge is 2.31. The number of urea groups is 1. The van der Waals surface area contributed by atoms with E-state index in [0.717, 1.165) is 11.3 Å². The van der Waals surface area contributed by atoms with E-state index in [4.69, 9.17) is 18.4 Å². The maximum absolute atomic E-state index is 13.1. The summed E-state index contributed by atoms with van der Waals surface area (Å²) >= 11 is 4.82. The highest BCUT2D eigenvalue weighted by molar-refractivity contribution is 7.80. The third-order valence-electron chi connectivity index (χ3n) is 6.12. The summed E-state index contributed by atoms with van der Waals surface area (Å²) in [6, 6.07) is 6.48. The van der Waals surface area contributed by atoms with Gasteiger partial charge >= 0.3 is 6.03 Å². The van der Waals surface area contributed by atoms with Crippen LogP contribution in [0, 0.1) is 17.8 Å². The van der Waals surface area contributed by atoms with Gasteiger partial charge in [-0.25, -0.2) is 9.48 Å². The highest BCUT2D eigenvalue weighted by atomic mass is 32.1. The SMILES string of the molecule is CC(C)C(C)c1cn(C(S)C(CCCNC(N)=O)C(C)C(=O)Nc2ccc(CO)cc2)nn1. The van der Waals surface area contributed by atoms with Gasteiger partial charge in [0.05, 0.1) is 23.9 Å². The van der Waals surface area contributed by atoms with Crippen molar-refractivity contribution in [3.05, 3.63) is 41.7 Å². The molecule has 0 aliphatic heterocycles. The molecular weight excluding hydrogens is 440 g/mol. The number of anilines is 1. The van der Waals surface area contributed by atoms with Gasteiger partial charge < -0.3 is 21.5 Å². The first-order valence-electron chi connectivity index (χ1n) is 11.3. The molecule has 0 aliphatic rings. The molecule has 1 aromatic carbocycles. The van der Waals surface area contributed by atoms with E-state index in [1.165, 1.54) is 0 Å². The summed E-state index contributed by atoms with van der Waals surface area (Å²) in [5.74, 6) is -0.0434. The van der Waals surface area contributed by atoms with Crippen molar-refractivity contribution >= 4 is 30.3 Å². The second-order valence-electron chi connectivity index (χ2n) is 8.80. The minimum Gasteiger partial charge on any atom is -0.392 e. The Bertz CT molecular complexity index is 902. The van der Waals surface area contributed by atoms with Crippen LogP contribution in [-0.2, 0) is 11.4 Å². The van der Waals surface area contributed by atoms with Crippen molar-refractivity contribution in [3.63, 3.8) is 0 Å². The zero-order chi connectivity index (χ0) is 24.5. The molecule has 0 bridgehead atoms. The molecule has 5 N–H and O–H groups in total. The predicted octanol–water partition coefficient (Wildman–Crippen LogP) is 3.30. The number of benzene rings is 1. The largest absolute Gasteiger partial charge is 0.392 e. The van der Waals surface area contributed by atoms with Gasteiger partial charge in [-0.2, -0.15) is 12.6 Å². The first-order valence-corrected chi connectivity index (χ1v) is 11.8. The normalized spacial score (nSPS) is 15.0. The van der Waals surface area contributed by atoms with Crippen LogP contribution < -0.4 is 16.4 Å². The van der Waals surface area contributed by atoms with Gasteiger partial charge in [-0.05, 0) is 36.5 Å². The third kappa shape index (κ3) is 7.75. The molecule has 0 fully saturated rings. The Morgan fingerprint density at radius 2 is 1.85 bits per heavy atom. The maximum atomic E-state index is 13.1. The van der Waals surface area contributed by atoms with Gasteiger partial charge in [-0.3, -0.25) is 4.79 Å². The lowest BCUT2D eigenvalue weighted by Crippen LogP contribution is -2.33. The second kappa shape index (κ2) is 12.6. The van der Waals surface area contributed by atoms with Crippen molar-refractivity contribution in [2.75, 3.05) is 11.9 Å². The van der Waals surface area contributed by atoms with Crippen LogP contribution in [0.15, 0.2) is 30.5 Å². The molecule has 0 spiro atoms. The van der Waals surface area contributed by atoms with E-state index in [-0.39, 0.29) is 29.7 Å². The van der Waals surface area contributed by atoms with Crippen molar-refractivity contribution in [3.8, 4) is 0 Å². The minimum atomic E-state index is -0.574. The number of nitrogens with two attached hydrogens (primary N) is 1. The van der Waals surface area contributed by atoms with Crippen LogP contribution in [0.5, 0.6) is 0 Å². The Morgan fingerprint density at radius 1 is 1.18 bits per heavy atom. The summed E-state index contributed by atoms with van der Waals surface area (Å²) in [6.07, 6.45) is 3.16. The van der Waals surface area contributed by atoms with Crippen LogP contribution in [0.2, 0.25) is 0 Å². The van der Waals surface area contributed by atoms with Crippen LogP contribution in [0.1, 0.15) is 63.1 Å². The average molecular weight is 477 g/mol. The minimum absolute atomic E-state index is 0.0529. The zero-order valence-corrected chi connectivity index (χ0v) is 20.6. The number of aliphatic hydroxyl groups is 1. The van der Waals surface area contributed by atoms with Gasteiger partial charge in [0.1, 0.15) is 0 Å². The Kier molecular flexibility index (Phi) is 10.2.